The van der Waals surface area contributed by atoms with Crippen LogP contribution in [0.2, 0.25) is 0 Å². The fourth-order valence-corrected chi connectivity index (χ4v) is 2.77. The van der Waals surface area contributed by atoms with Gasteiger partial charge < -0.3 is 24.3 Å². The van der Waals surface area contributed by atoms with E-state index in [1.807, 2.05) is 6.07 Å². The first kappa shape index (κ1) is 17.9. The highest BCUT2D eigenvalue weighted by Crippen LogP contribution is 2.16. The predicted octanol–water partition coefficient (Wildman–Crippen LogP) is 1.01. The molecule has 8 nitrogen and oxygen atoms in total. The summed E-state index contributed by atoms with van der Waals surface area (Å²) in [5.41, 5.74) is 0.511. The van der Waals surface area contributed by atoms with Gasteiger partial charge in [0.05, 0.1) is 18.4 Å². The highest BCUT2D eigenvalue weighted by Gasteiger charge is 2.24. The second-order valence-corrected chi connectivity index (χ2v) is 5.91. The molecule has 1 aliphatic heterocycles. The standard InChI is InChI=1S/C18H22N4O4/c1-25-12-6-19-17(23)14-4-5-16(20-13-14)21-7-9-22(10-8-21)18(24)15-3-2-11-26-15/h2-5,11,13H,6-10,12H2,1H3,(H,19,23). The van der Waals surface area contributed by atoms with Crippen LogP contribution in [0.15, 0.2) is 41.1 Å². The molecule has 0 bridgehead atoms. The van der Waals surface area contributed by atoms with Crippen molar-refractivity contribution >= 4 is 17.6 Å². The quantitative estimate of drug-likeness (QED) is 0.776. The minimum Gasteiger partial charge on any atom is -0.459 e. The summed E-state index contributed by atoms with van der Waals surface area (Å²) in [4.78, 5) is 32.5. The Kier molecular flexibility index (Phi) is 5.85. The lowest BCUT2D eigenvalue weighted by Gasteiger charge is -2.35. The molecule has 0 unspecified atom stereocenters. The van der Waals surface area contributed by atoms with Gasteiger partial charge >= 0.3 is 0 Å². The first-order valence-corrected chi connectivity index (χ1v) is 8.50. The maximum absolute atomic E-state index is 12.3. The number of carbonyl (C=O) groups excluding carboxylic acids is 2. The summed E-state index contributed by atoms with van der Waals surface area (Å²) in [6.45, 7) is 3.49. The first-order chi connectivity index (χ1) is 12.7. The van der Waals surface area contributed by atoms with E-state index in [0.717, 1.165) is 5.82 Å². The van der Waals surface area contributed by atoms with E-state index < -0.39 is 0 Å². The molecule has 2 aromatic rings. The van der Waals surface area contributed by atoms with Crippen molar-refractivity contribution in [3.63, 3.8) is 0 Å². The highest BCUT2D eigenvalue weighted by atomic mass is 16.5. The van der Waals surface area contributed by atoms with Gasteiger partial charge in [0.2, 0.25) is 0 Å². The van der Waals surface area contributed by atoms with Gasteiger partial charge in [-0.1, -0.05) is 0 Å². The summed E-state index contributed by atoms with van der Waals surface area (Å²) in [7, 11) is 1.59. The number of amides is 2. The van der Waals surface area contributed by atoms with Crippen LogP contribution in [-0.4, -0.2) is 68.1 Å². The summed E-state index contributed by atoms with van der Waals surface area (Å²) < 4.78 is 10.1. The Bertz CT molecular complexity index is 722. The molecule has 1 fully saturated rings. The molecule has 1 saturated heterocycles. The Labute approximate surface area is 151 Å². The Morgan fingerprint density at radius 1 is 1.23 bits per heavy atom. The maximum Gasteiger partial charge on any atom is 0.289 e. The number of pyridine rings is 1. The van der Waals surface area contributed by atoms with Crippen molar-refractivity contribution in [2.75, 3.05) is 51.3 Å². The van der Waals surface area contributed by atoms with E-state index in [0.29, 0.717) is 50.7 Å². The molecule has 2 amide bonds. The molecule has 3 rings (SSSR count). The van der Waals surface area contributed by atoms with Crippen molar-refractivity contribution in [3.8, 4) is 0 Å². The number of aromatic nitrogens is 1. The van der Waals surface area contributed by atoms with Gasteiger partial charge in [-0.2, -0.15) is 0 Å². The van der Waals surface area contributed by atoms with E-state index in [1.54, 1.807) is 36.4 Å². The Morgan fingerprint density at radius 2 is 2.04 bits per heavy atom. The number of ether oxygens (including phenoxy) is 1. The average Bonchev–Trinajstić information content (AvgIpc) is 3.23. The van der Waals surface area contributed by atoms with Crippen LogP contribution in [0, 0.1) is 0 Å². The molecule has 0 radical (unpaired) electrons. The Morgan fingerprint density at radius 3 is 2.65 bits per heavy atom. The van der Waals surface area contributed by atoms with Crippen molar-refractivity contribution in [3.05, 3.63) is 48.0 Å². The van der Waals surface area contributed by atoms with Crippen molar-refractivity contribution in [2.45, 2.75) is 0 Å². The number of nitrogens with one attached hydrogen (secondary N) is 1. The van der Waals surface area contributed by atoms with Crippen LogP contribution in [0.25, 0.3) is 0 Å². The Hall–Kier alpha value is -2.87. The molecule has 1 aliphatic rings. The zero-order chi connectivity index (χ0) is 18.4. The lowest BCUT2D eigenvalue weighted by Crippen LogP contribution is -2.49. The largest absolute Gasteiger partial charge is 0.459 e. The highest BCUT2D eigenvalue weighted by molar-refractivity contribution is 5.94. The molecule has 26 heavy (non-hydrogen) atoms. The van der Waals surface area contributed by atoms with Gasteiger partial charge in [0.1, 0.15) is 5.82 Å². The maximum atomic E-state index is 12.3. The van der Waals surface area contributed by atoms with Crippen LogP contribution in [-0.2, 0) is 4.74 Å². The summed E-state index contributed by atoms with van der Waals surface area (Å²) in [5, 5.41) is 2.76. The third-order valence-corrected chi connectivity index (χ3v) is 4.22. The summed E-state index contributed by atoms with van der Waals surface area (Å²) in [5.74, 6) is 0.893. The van der Waals surface area contributed by atoms with Crippen LogP contribution >= 0.6 is 0 Å². The normalized spacial score (nSPS) is 14.3. The van der Waals surface area contributed by atoms with Gasteiger partial charge in [-0.3, -0.25) is 9.59 Å². The van der Waals surface area contributed by atoms with Crippen molar-refractivity contribution < 1.29 is 18.7 Å². The van der Waals surface area contributed by atoms with Crippen LogP contribution in [0.1, 0.15) is 20.9 Å². The van der Waals surface area contributed by atoms with E-state index in [2.05, 4.69) is 15.2 Å². The lowest BCUT2D eigenvalue weighted by molar-refractivity contribution is 0.0714. The van der Waals surface area contributed by atoms with Crippen LogP contribution in [0.4, 0.5) is 5.82 Å². The number of furan rings is 1. The molecule has 2 aromatic heterocycles. The molecule has 0 saturated carbocycles. The van der Waals surface area contributed by atoms with Gasteiger partial charge in [0.25, 0.3) is 11.8 Å². The number of carbonyl (C=O) groups is 2. The van der Waals surface area contributed by atoms with Crippen LogP contribution in [0.3, 0.4) is 0 Å². The van der Waals surface area contributed by atoms with E-state index in [4.69, 9.17) is 9.15 Å². The van der Waals surface area contributed by atoms with Gasteiger partial charge in [0, 0.05) is 46.0 Å². The molecule has 3 heterocycles. The number of hydrogen-bond donors (Lipinski definition) is 1. The molecule has 8 heteroatoms. The first-order valence-electron chi connectivity index (χ1n) is 8.50. The SMILES string of the molecule is COCCNC(=O)c1ccc(N2CCN(C(=O)c3ccco3)CC2)nc1. The fourth-order valence-electron chi connectivity index (χ4n) is 2.77. The monoisotopic (exact) mass is 358 g/mol. The van der Waals surface area contributed by atoms with E-state index in [9.17, 15) is 9.59 Å². The number of rotatable bonds is 6. The van der Waals surface area contributed by atoms with Gasteiger partial charge in [0.15, 0.2) is 5.76 Å². The summed E-state index contributed by atoms with van der Waals surface area (Å²) in [6.07, 6.45) is 3.07. The van der Waals surface area contributed by atoms with E-state index in [-0.39, 0.29) is 11.8 Å². The molecule has 138 valence electrons. The molecule has 0 spiro atoms. The van der Waals surface area contributed by atoms with Gasteiger partial charge in [-0.15, -0.1) is 0 Å². The zero-order valence-electron chi connectivity index (χ0n) is 14.7. The minimum atomic E-state index is -0.171. The number of anilines is 1. The molecule has 0 aliphatic carbocycles. The second-order valence-electron chi connectivity index (χ2n) is 5.91. The van der Waals surface area contributed by atoms with Crippen LogP contribution < -0.4 is 10.2 Å². The molecule has 1 N–H and O–H groups in total. The average molecular weight is 358 g/mol. The van der Waals surface area contributed by atoms with E-state index in [1.165, 1.54) is 6.26 Å². The fraction of sp³-hybridized carbons (Fsp3) is 0.389. The number of hydrogen-bond acceptors (Lipinski definition) is 6. The topological polar surface area (TPSA) is 87.9 Å². The van der Waals surface area contributed by atoms with Gasteiger partial charge in [-0.25, -0.2) is 4.98 Å². The summed E-state index contributed by atoms with van der Waals surface area (Å²) >= 11 is 0. The van der Waals surface area contributed by atoms with Crippen LogP contribution in [0.5, 0.6) is 0 Å². The third kappa shape index (κ3) is 4.20. The lowest BCUT2D eigenvalue weighted by atomic mass is 10.2. The third-order valence-electron chi connectivity index (χ3n) is 4.22. The number of methoxy groups -OCH3 is 1. The predicted molar refractivity (Wildman–Crippen MR) is 95.3 cm³/mol. The number of piperazine rings is 1. The Balaban J connectivity index is 1.53. The second kappa shape index (κ2) is 8.48. The zero-order valence-corrected chi connectivity index (χ0v) is 14.7. The molecular formula is C18H22N4O4. The summed E-state index contributed by atoms with van der Waals surface area (Å²) in [6, 6.07) is 6.97. The van der Waals surface area contributed by atoms with Crippen molar-refractivity contribution in [1.82, 2.24) is 15.2 Å². The molecular weight excluding hydrogens is 336 g/mol. The van der Waals surface area contributed by atoms with Gasteiger partial charge in [-0.05, 0) is 24.3 Å². The molecule has 0 atom stereocenters. The van der Waals surface area contributed by atoms with E-state index >= 15 is 0 Å². The van der Waals surface area contributed by atoms with Crippen molar-refractivity contribution in [2.24, 2.45) is 0 Å². The smallest absolute Gasteiger partial charge is 0.289 e. The minimum absolute atomic E-state index is 0.0920. The molecule has 0 aromatic carbocycles. The number of nitrogens with zero attached hydrogens (tertiary/aromatic N) is 3. The van der Waals surface area contributed by atoms with Crippen molar-refractivity contribution in [1.29, 1.82) is 0 Å².